The molecule has 0 aliphatic rings. The van der Waals surface area contributed by atoms with Gasteiger partial charge in [0.05, 0.1) is 0 Å². The second-order valence-corrected chi connectivity index (χ2v) is 4.90. The maximum Gasteiger partial charge on any atom is 0.127 e. The van der Waals surface area contributed by atoms with Gasteiger partial charge in [0.25, 0.3) is 0 Å². The number of rotatable bonds is 4. The van der Waals surface area contributed by atoms with Gasteiger partial charge in [0.1, 0.15) is 22.7 Å². The summed E-state index contributed by atoms with van der Waals surface area (Å²) in [6.07, 6.45) is 1.45. The van der Waals surface area contributed by atoms with Crippen molar-refractivity contribution in [2.24, 2.45) is 0 Å². The molecule has 0 amide bonds. The summed E-state index contributed by atoms with van der Waals surface area (Å²) in [5, 5.41) is 0. The summed E-state index contributed by atoms with van der Waals surface area (Å²) in [5.41, 5.74) is 1.54. The third-order valence-corrected chi connectivity index (χ3v) is 2.69. The molecule has 0 bridgehead atoms. The van der Waals surface area contributed by atoms with Crippen LogP contribution in [0.2, 0.25) is 0 Å². The fourth-order valence-electron chi connectivity index (χ4n) is 1.62. The van der Waals surface area contributed by atoms with E-state index in [1.165, 1.54) is 18.2 Å². The Balaban J connectivity index is 2.18. The molecule has 0 N–H and O–H groups in total. The molecule has 2 aromatic carbocycles. The predicted octanol–water partition coefficient (Wildman–Crippen LogP) is 5.18. The summed E-state index contributed by atoms with van der Waals surface area (Å²) in [6.45, 7) is 0.396. The van der Waals surface area contributed by atoms with Gasteiger partial charge >= 0.3 is 0 Å². The molecule has 0 spiro atoms. The molecule has 1 nitrogen and oxygen atoms in total. The normalized spacial score (nSPS) is 10.1. The first-order valence-corrected chi connectivity index (χ1v) is 6.40. The zero-order valence-corrected chi connectivity index (χ0v) is 11.5. The van der Waals surface area contributed by atoms with Gasteiger partial charge < -0.3 is 4.74 Å². The van der Waals surface area contributed by atoms with Crippen molar-refractivity contribution in [2.45, 2.75) is 6.61 Å². The zero-order chi connectivity index (χ0) is 13.7. The van der Waals surface area contributed by atoms with Crippen LogP contribution < -0.4 is 4.74 Å². The van der Waals surface area contributed by atoms with Crippen molar-refractivity contribution in [3.63, 3.8) is 0 Å². The lowest BCUT2D eigenvalue weighted by atomic mass is 10.2. The van der Waals surface area contributed by atoms with E-state index in [1.54, 1.807) is 6.07 Å². The van der Waals surface area contributed by atoms with Crippen LogP contribution in [-0.2, 0) is 6.61 Å². The van der Waals surface area contributed by atoms with E-state index in [4.69, 9.17) is 27.9 Å². The van der Waals surface area contributed by atoms with E-state index in [1.807, 2.05) is 30.3 Å². The van der Waals surface area contributed by atoms with E-state index in [0.29, 0.717) is 17.9 Å². The van der Waals surface area contributed by atoms with E-state index in [0.717, 1.165) is 5.56 Å². The maximum atomic E-state index is 13.2. The Morgan fingerprint density at radius 1 is 1.11 bits per heavy atom. The highest BCUT2D eigenvalue weighted by Crippen LogP contribution is 2.25. The van der Waals surface area contributed by atoms with Crippen molar-refractivity contribution in [1.82, 2.24) is 0 Å². The van der Waals surface area contributed by atoms with Crippen LogP contribution in [0.25, 0.3) is 6.08 Å². The maximum absolute atomic E-state index is 13.2. The highest BCUT2D eigenvalue weighted by Gasteiger charge is 2.04. The van der Waals surface area contributed by atoms with Gasteiger partial charge in [0.15, 0.2) is 0 Å². The second-order valence-electron chi connectivity index (χ2n) is 3.89. The van der Waals surface area contributed by atoms with Crippen LogP contribution in [0, 0.1) is 5.82 Å². The lowest BCUT2D eigenvalue weighted by Crippen LogP contribution is -1.97. The van der Waals surface area contributed by atoms with Crippen LogP contribution in [-0.4, -0.2) is 0 Å². The number of ether oxygens (including phenoxy) is 1. The van der Waals surface area contributed by atoms with Crippen LogP contribution >= 0.6 is 23.2 Å². The third-order valence-electron chi connectivity index (χ3n) is 2.47. The minimum absolute atomic E-state index is 0.0511. The molecule has 0 saturated carbocycles. The SMILES string of the molecule is Fc1ccc(OCc2ccccc2)c(C=C(Cl)Cl)c1. The van der Waals surface area contributed by atoms with Gasteiger partial charge in [-0.3, -0.25) is 0 Å². The molecule has 2 rings (SSSR count). The number of benzene rings is 2. The Hall–Kier alpha value is -1.51. The Morgan fingerprint density at radius 2 is 1.84 bits per heavy atom. The molecule has 0 fully saturated rings. The smallest absolute Gasteiger partial charge is 0.127 e. The minimum atomic E-state index is -0.368. The van der Waals surface area contributed by atoms with Crippen molar-refractivity contribution in [1.29, 1.82) is 0 Å². The van der Waals surface area contributed by atoms with Gasteiger partial charge in [-0.25, -0.2) is 4.39 Å². The molecule has 0 aliphatic heterocycles. The summed E-state index contributed by atoms with van der Waals surface area (Å²) >= 11 is 11.2. The highest BCUT2D eigenvalue weighted by molar-refractivity contribution is 6.57. The van der Waals surface area contributed by atoms with Gasteiger partial charge in [0.2, 0.25) is 0 Å². The quantitative estimate of drug-likeness (QED) is 0.755. The first-order chi connectivity index (χ1) is 9.15. The summed E-state index contributed by atoms with van der Waals surface area (Å²) in [6, 6.07) is 13.9. The van der Waals surface area contributed by atoms with Crippen LogP contribution in [0.1, 0.15) is 11.1 Å². The van der Waals surface area contributed by atoms with Crippen LogP contribution in [0.15, 0.2) is 53.0 Å². The average molecular weight is 297 g/mol. The Kier molecular flexibility index (Phi) is 4.83. The number of hydrogen-bond acceptors (Lipinski definition) is 1. The molecule has 98 valence electrons. The van der Waals surface area contributed by atoms with E-state index in [2.05, 4.69) is 0 Å². The van der Waals surface area contributed by atoms with Gasteiger partial charge in [-0.15, -0.1) is 0 Å². The predicted molar refractivity (Wildman–Crippen MR) is 76.9 cm³/mol. The molecular weight excluding hydrogens is 286 g/mol. The van der Waals surface area contributed by atoms with Crippen molar-refractivity contribution < 1.29 is 9.13 Å². The molecule has 0 aromatic heterocycles. The molecular formula is C15H11Cl2FO. The Bertz CT molecular complexity index is 578. The zero-order valence-electron chi connectivity index (χ0n) is 9.95. The molecule has 0 saturated heterocycles. The summed E-state index contributed by atoms with van der Waals surface area (Å²) in [4.78, 5) is 0. The lowest BCUT2D eigenvalue weighted by molar-refractivity contribution is 0.305. The second kappa shape index (κ2) is 6.60. The van der Waals surface area contributed by atoms with E-state index < -0.39 is 0 Å². The molecule has 0 atom stereocenters. The molecule has 0 aliphatic carbocycles. The molecule has 19 heavy (non-hydrogen) atoms. The molecule has 4 heteroatoms. The standard InChI is InChI=1S/C15H11Cl2FO/c16-15(17)9-12-8-13(18)6-7-14(12)19-10-11-4-2-1-3-5-11/h1-9H,10H2. The fraction of sp³-hybridized carbons (Fsp3) is 0.0667. The van der Waals surface area contributed by atoms with Crippen molar-refractivity contribution >= 4 is 29.3 Å². The van der Waals surface area contributed by atoms with Gasteiger partial charge in [-0.05, 0) is 29.8 Å². The number of hydrogen-bond donors (Lipinski definition) is 0. The topological polar surface area (TPSA) is 9.23 Å². The van der Waals surface area contributed by atoms with Gasteiger partial charge in [-0.2, -0.15) is 0 Å². The largest absolute Gasteiger partial charge is 0.488 e. The molecule has 0 unspecified atom stereocenters. The minimum Gasteiger partial charge on any atom is -0.488 e. The van der Waals surface area contributed by atoms with Crippen LogP contribution in [0.4, 0.5) is 4.39 Å². The first kappa shape index (κ1) is 13.9. The van der Waals surface area contributed by atoms with E-state index in [9.17, 15) is 4.39 Å². The highest BCUT2D eigenvalue weighted by atomic mass is 35.5. The first-order valence-electron chi connectivity index (χ1n) is 5.64. The van der Waals surface area contributed by atoms with Gasteiger partial charge in [-0.1, -0.05) is 53.5 Å². The molecule has 2 aromatic rings. The van der Waals surface area contributed by atoms with Crippen molar-refractivity contribution in [3.05, 3.63) is 70.0 Å². The molecule has 0 radical (unpaired) electrons. The van der Waals surface area contributed by atoms with Crippen LogP contribution in [0.5, 0.6) is 5.75 Å². The third kappa shape index (κ3) is 4.27. The summed E-state index contributed by atoms with van der Waals surface area (Å²) in [7, 11) is 0. The van der Waals surface area contributed by atoms with E-state index >= 15 is 0 Å². The van der Waals surface area contributed by atoms with Crippen LogP contribution in [0.3, 0.4) is 0 Å². The average Bonchev–Trinajstić information content (AvgIpc) is 2.38. The van der Waals surface area contributed by atoms with Crippen molar-refractivity contribution in [2.75, 3.05) is 0 Å². The lowest BCUT2D eigenvalue weighted by Gasteiger charge is -2.09. The number of halogens is 3. The summed E-state index contributed by atoms with van der Waals surface area (Å²) < 4.78 is 18.9. The fourth-order valence-corrected chi connectivity index (χ4v) is 1.85. The Labute approximate surface area is 121 Å². The summed E-state index contributed by atoms with van der Waals surface area (Å²) in [5.74, 6) is 0.164. The molecule has 0 heterocycles. The van der Waals surface area contributed by atoms with E-state index in [-0.39, 0.29) is 10.3 Å². The van der Waals surface area contributed by atoms with Crippen molar-refractivity contribution in [3.8, 4) is 5.75 Å². The Morgan fingerprint density at radius 3 is 2.53 bits per heavy atom. The van der Waals surface area contributed by atoms with Gasteiger partial charge in [0, 0.05) is 5.56 Å². The monoisotopic (exact) mass is 296 g/mol.